The summed E-state index contributed by atoms with van der Waals surface area (Å²) in [4.78, 5) is 12.1. The molecule has 0 aromatic carbocycles. The van der Waals surface area contributed by atoms with Crippen LogP contribution >= 0.6 is 12.4 Å². The van der Waals surface area contributed by atoms with Crippen LogP contribution in [0.15, 0.2) is 0 Å². The van der Waals surface area contributed by atoms with Gasteiger partial charge in [-0.3, -0.25) is 4.79 Å². The van der Waals surface area contributed by atoms with E-state index in [9.17, 15) is 13.2 Å². The smallest absolute Gasteiger partial charge is 0.220 e. The van der Waals surface area contributed by atoms with Crippen molar-refractivity contribution in [3.05, 3.63) is 0 Å². The molecule has 1 amide bonds. The van der Waals surface area contributed by atoms with Gasteiger partial charge in [0.05, 0.1) is 5.75 Å². The fraction of sp³-hybridized carbons (Fsp3) is 0.933. The maximum atomic E-state index is 12.1. The number of sulfonamides is 1. The molecule has 1 rings (SSSR count). The molecule has 0 aliphatic heterocycles. The molecular weight excluding hydrogens is 338 g/mol. The van der Waals surface area contributed by atoms with Gasteiger partial charge in [-0.1, -0.05) is 19.3 Å². The van der Waals surface area contributed by atoms with E-state index < -0.39 is 10.0 Å². The lowest BCUT2D eigenvalue weighted by Crippen LogP contribution is -2.39. The average Bonchev–Trinajstić information content (AvgIpc) is 2.52. The second-order valence-corrected chi connectivity index (χ2v) is 8.73. The SMILES string of the molecule is CCS(=O)(=O)N(C)CCCNC(=O)CC1(CN)CCCCC1.Cl. The summed E-state index contributed by atoms with van der Waals surface area (Å²) in [6.45, 7) is 3.13. The third-order valence-electron chi connectivity index (χ3n) is 4.69. The lowest BCUT2D eigenvalue weighted by Gasteiger charge is -2.35. The minimum atomic E-state index is -3.13. The molecule has 0 radical (unpaired) electrons. The zero-order valence-electron chi connectivity index (χ0n) is 14.3. The average molecular weight is 370 g/mol. The van der Waals surface area contributed by atoms with E-state index in [-0.39, 0.29) is 29.5 Å². The van der Waals surface area contributed by atoms with Gasteiger partial charge in [0.25, 0.3) is 0 Å². The van der Waals surface area contributed by atoms with E-state index in [4.69, 9.17) is 5.73 Å². The van der Waals surface area contributed by atoms with Gasteiger partial charge in [0.15, 0.2) is 0 Å². The third kappa shape index (κ3) is 7.37. The molecule has 1 saturated carbocycles. The largest absolute Gasteiger partial charge is 0.356 e. The predicted octanol–water partition coefficient (Wildman–Crippen LogP) is 1.50. The van der Waals surface area contributed by atoms with Gasteiger partial charge in [0, 0.05) is 26.6 Å². The van der Waals surface area contributed by atoms with E-state index in [2.05, 4.69) is 5.32 Å². The van der Waals surface area contributed by atoms with Gasteiger partial charge in [0.1, 0.15) is 0 Å². The molecule has 0 spiro atoms. The summed E-state index contributed by atoms with van der Waals surface area (Å²) in [6, 6.07) is 0. The summed E-state index contributed by atoms with van der Waals surface area (Å²) < 4.78 is 24.5. The highest BCUT2D eigenvalue weighted by atomic mass is 35.5. The van der Waals surface area contributed by atoms with Crippen molar-refractivity contribution < 1.29 is 13.2 Å². The van der Waals surface area contributed by atoms with E-state index in [0.29, 0.717) is 32.5 Å². The van der Waals surface area contributed by atoms with Crippen LogP contribution in [0.4, 0.5) is 0 Å². The van der Waals surface area contributed by atoms with Crippen molar-refractivity contribution in [3.63, 3.8) is 0 Å². The van der Waals surface area contributed by atoms with Crippen LogP contribution in [0.25, 0.3) is 0 Å². The van der Waals surface area contributed by atoms with Gasteiger partial charge in [-0.05, 0) is 38.1 Å². The molecule has 0 heterocycles. The fourth-order valence-corrected chi connectivity index (χ4v) is 3.89. The first-order chi connectivity index (χ1) is 10.4. The second-order valence-electron chi connectivity index (χ2n) is 6.37. The Kier molecular flexibility index (Phi) is 10.3. The number of carbonyl (C=O) groups is 1. The number of nitrogens with two attached hydrogens (primary N) is 1. The lowest BCUT2D eigenvalue weighted by atomic mass is 9.71. The molecule has 0 aromatic rings. The maximum absolute atomic E-state index is 12.1. The molecule has 6 nitrogen and oxygen atoms in total. The van der Waals surface area contributed by atoms with Crippen molar-refractivity contribution >= 4 is 28.3 Å². The van der Waals surface area contributed by atoms with Crippen LogP contribution in [0.1, 0.15) is 51.9 Å². The van der Waals surface area contributed by atoms with Gasteiger partial charge in [-0.25, -0.2) is 12.7 Å². The zero-order chi connectivity index (χ0) is 16.6. The third-order valence-corrected chi connectivity index (χ3v) is 6.56. The van der Waals surface area contributed by atoms with Crippen molar-refractivity contribution in [1.82, 2.24) is 9.62 Å². The first-order valence-corrected chi connectivity index (χ1v) is 9.87. The predicted molar refractivity (Wildman–Crippen MR) is 96.2 cm³/mol. The molecule has 1 aliphatic rings. The topological polar surface area (TPSA) is 92.5 Å². The molecule has 3 N–H and O–H groups in total. The number of nitrogens with one attached hydrogen (secondary N) is 1. The zero-order valence-corrected chi connectivity index (χ0v) is 16.0. The highest BCUT2D eigenvalue weighted by Crippen LogP contribution is 2.38. The Labute approximate surface area is 147 Å². The monoisotopic (exact) mass is 369 g/mol. The molecule has 0 atom stereocenters. The van der Waals surface area contributed by atoms with Crippen LogP contribution in [0.5, 0.6) is 0 Å². The van der Waals surface area contributed by atoms with Crippen LogP contribution < -0.4 is 11.1 Å². The minimum Gasteiger partial charge on any atom is -0.356 e. The Morgan fingerprint density at radius 1 is 1.26 bits per heavy atom. The molecule has 138 valence electrons. The summed E-state index contributed by atoms with van der Waals surface area (Å²) in [5.41, 5.74) is 5.87. The van der Waals surface area contributed by atoms with Crippen molar-refractivity contribution in [3.8, 4) is 0 Å². The lowest BCUT2D eigenvalue weighted by molar-refractivity contribution is -0.123. The highest BCUT2D eigenvalue weighted by Gasteiger charge is 2.32. The van der Waals surface area contributed by atoms with Gasteiger partial charge in [-0.15, -0.1) is 12.4 Å². The normalized spacial score (nSPS) is 17.6. The van der Waals surface area contributed by atoms with Crippen molar-refractivity contribution in [2.75, 3.05) is 32.4 Å². The number of carbonyl (C=O) groups excluding carboxylic acids is 1. The van der Waals surface area contributed by atoms with Crippen molar-refractivity contribution in [2.45, 2.75) is 51.9 Å². The Balaban J connectivity index is 0.00000484. The van der Waals surface area contributed by atoms with E-state index in [0.717, 1.165) is 25.7 Å². The van der Waals surface area contributed by atoms with E-state index in [1.807, 2.05) is 0 Å². The molecular formula is C15H32ClN3O3S. The summed E-state index contributed by atoms with van der Waals surface area (Å²) >= 11 is 0. The molecule has 8 heteroatoms. The van der Waals surface area contributed by atoms with Crippen LogP contribution in [0, 0.1) is 5.41 Å². The molecule has 0 unspecified atom stereocenters. The number of hydrogen-bond donors (Lipinski definition) is 2. The van der Waals surface area contributed by atoms with E-state index >= 15 is 0 Å². The molecule has 0 aromatic heterocycles. The summed E-state index contributed by atoms with van der Waals surface area (Å²) in [6.07, 6.45) is 6.74. The van der Waals surface area contributed by atoms with Crippen LogP contribution in [0.2, 0.25) is 0 Å². The number of amides is 1. The first kappa shape index (κ1) is 22.6. The van der Waals surface area contributed by atoms with Gasteiger partial charge in [-0.2, -0.15) is 0 Å². The molecule has 1 aliphatic carbocycles. The Morgan fingerprint density at radius 3 is 2.39 bits per heavy atom. The maximum Gasteiger partial charge on any atom is 0.220 e. The summed E-state index contributed by atoms with van der Waals surface area (Å²) in [7, 11) is -1.56. The Morgan fingerprint density at radius 2 is 1.87 bits per heavy atom. The molecule has 23 heavy (non-hydrogen) atoms. The quantitative estimate of drug-likeness (QED) is 0.602. The summed E-state index contributed by atoms with van der Waals surface area (Å²) in [5, 5.41) is 2.90. The number of nitrogens with zero attached hydrogens (tertiary/aromatic N) is 1. The fourth-order valence-electron chi connectivity index (χ4n) is 3.05. The number of halogens is 1. The van der Waals surface area contributed by atoms with Crippen LogP contribution in [0.3, 0.4) is 0 Å². The Bertz CT molecular complexity index is 451. The Hall–Kier alpha value is -0.370. The minimum absolute atomic E-state index is 0. The first-order valence-electron chi connectivity index (χ1n) is 8.26. The number of rotatable bonds is 9. The van der Waals surface area contributed by atoms with Crippen LogP contribution in [-0.4, -0.2) is 51.1 Å². The van der Waals surface area contributed by atoms with Crippen molar-refractivity contribution in [1.29, 1.82) is 0 Å². The highest BCUT2D eigenvalue weighted by molar-refractivity contribution is 7.89. The standard InChI is InChI=1S/C15H31N3O3S.ClH/c1-3-22(20,21)18(2)11-7-10-17-14(19)12-15(13-16)8-5-4-6-9-15;/h3-13,16H2,1-2H3,(H,17,19);1H. The van der Waals surface area contributed by atoms with Gasteiger partial charge < -0.3 is 11.1 Å². The second kappa shape index (κ2) is 10.5. The van der Waals surface area contributed by atoms with Gasteiger partial charge >= 0.3 is 0 Å². The molecule has 1 fully saturated rings. The van der Waals surface area contributed by atoms with E-state index in [1.54, 1.807) is 14.0 Å². The van der Waals surface area contributed by atoms with E-state index in [1.165, 1.54) is 10.7 Å². The van der Waals surface area contributed by atoms with Crippen LogP contribution in [-0.2, 0) is 14.8 Å². The van der Waals surface area contributed by atoms with Gasteiger partial charge in [0.2, 0.25) is 15.9 Å². The number of hydrogen-bond acceptors (Lipinski definition) is 4. The molecule has 0 bridgehead atoms. The molecule has 0 saturated heterocycles. The van der Waals surface area contributed by atoms with Crippen molar-refractivity contribution in [2.24, 2.45) is 11.1 Å². The summed E-state index contributed by atoms with van der Waals surface area (Å²) in [5.74, 6) is 0.142.